The van der Waals surface area contributed by atoms with Crippen LogP contribution in [0.15, 0.2) is 61.6 Å². The number of allylic oxidation sites excluding steroid dienone is 4. The summed E-state index contributed by atoms with van der Waals surface area (Å²) in [4.78, 5) is 29.9. The average Bonchev–Trinajstić information content (AvgIpc) is 3.36. The summed E-state index contributed by atoms with van der Waals surface area (Å²) in [5.41, 5.74) is 5.70. The summed E-state index contributed by atoms with van der Waals surface area (Å²) in [6.45, 7) is 5.34. The maximum absolute atomic E-state index is 11.9. The molecule has 0 saturated carbocycles. The van der Waals surface area contributed by atoms with Crippen molar-refractivity contribution in [3.8, 4) is 23.3 Å². The molecule has 0 spiro atoms. The van der Waals surface area contributed by atoms with Gasteiger partial charge in [-0.1, -0.05) is 36.6 Å². The van der Waals surface area contributed by atoms with Crippen LogP contribution >= 0.6 is 0 Å². The van der Waals surface area contributed by atoms with E-state index >= 15 is 0 Å². The van der Waals surface area contributed by atoms with Crippen molar-refractivity contribution in [3.63, 3.8) is 0 Å². The zero-order valence-electron chi connectivity index (χ0n) is 18.0. The normalized spacial score (nSPS) is 18.8. The highest BCUT2D eigenvalue weighted by molar-refractivity contribution is 5.95. The second-order valence-corrected chi connectivity index (χ2v) is 7.69. The maximum atomic E-state index is 11.9. The minimum absolute atomic E-state index is 0.00736. The molecular formula is C24H24N6O3. The van der Waals surface area contributed by atoms with Crippen molar-refractivity contribution in [2.24, 2.45) is 11.7 Å². The third-order valence-electron chi connectivity index (χ3n) is 5.28. The fourth-order valence-corrected chi connectivity index (χ4v) is 3.65. The molecule has 2 aromatic rings. The minimum atomic E-state index is -0.639. The van der Waals surface area contributed by atoms with Gasteiger partial charge in [0.05, 0.1) is 24.9 Å². The van der Waals surface area contributed by atoms with Gasteiger partial charge in [0.2, 0.25) is 5.91 Å². The molecule has 33 heavy (non-hydrogen) atoms. The lowest BCUT2D eigenvalue weighted by Gasteiger charge is -2.19. The minimum Gasteiger partial charge on any atom is -0.453 e. The number of amides is 2. The van der Waals surface area contributed by atoms with Gasteiger partial charge in [-0.3, -0.25) is 14.3 Å². The summed E-state index contributed by atoms with van der Waals surface area (Å²) in [5.74, 6) is 6.70. The summed E-state index contributed by atoms with van der Waals surface area (Å²) in [5, 5.41) is 7.23. The first-order valence-electron chi connectivity index (χ1n) is 10.5. The molecule has 0 bridgehead atoms. The Morgan fingerprint density at radius 1 is 1.36 bits per heavy atom. The van der Waals surface area contributed by atoms with Crippen LogP contribution in [-0.4, -0.2) is 45.7 Å². The number of rotatable bonds is 8. The van der Waals surface area contributed by atoms with Crippen LogP contribution in [0.5, 0.6) is 11.5 Å². The molecule has 2 atom stereocenters. The van der Waals surface area contributed by atoms with Crippen molar-refractivity contribution < 1.29 is 14.3 Å². The van der Waals surface area contributed by atoms with Crippen molar-refractivity contribution in [1.82, 2.24) is 20.1 Å². The standard InChI is InChI=1S/C24H24N6O3/c1-2-23(31)28-18-9-10-29(15-18)22-11-21(20(13-26-22)24(25)32)33-19-12-27-30(16-19)14-17-7-5-3-4-6-8-17/h2-5,7,11-13,16-18H,1,9-10,14-15H2,(H2,25,32)(H,28,31)/t17?,18-/m0/s1. The van der Waals surface area contributed by atoms with Crippen molar-refractivity contribution in [2.45, 2.75) is 19.0 Å². The molecule has 168 valence electrons. The summed E-state index contributed by atoms with van der Waals surface area (Å²) >= 11 is 0. The Bertz CT molecular complexity index is 1190. The Morgan fingerprint density at radius 3 is 3.06 bits per heavy atom. The molecule has 3 N–H and O–H groups in total. The van der Waals surface area contributed by atoms with Crippen LogP contribution < -0.4 is 20.7 Å². The van der Waals surface area contributed by atoms with Crippen molar-refractivity contribution >= 4 is 17.6 Å². The smallest absolute Gasteiger partial charge is 0.254 e. The number of anilines is 1. The number of carbonyl (C=O) groups is 2. The van der Waals surface area contributed by atoms with Crippen molar-refractivity contribution in [2.75, 3.05) is 18.0 Å². The highest BCUT2D eigenvalue weighted by Gasteiger charge is 2.25. The zero-order valence-corrected chi connectivity index (χ0v) is 18.0. The summed E-state index contributed by atoms with van der Waals surface area (Å²) in [6.07, 6.45) is 14.4. The highest BCUT2D eigenvalue weighted by atomic mass is 16.5. The highest BCUT2D eigenvalue weighted by Crippen LogP contribution is 2.29. The molecule has 1 unspecified atom stereocenters. The number of pyridine rings is 1. The fourth-order valence-electron chi connectivity index (χ4n) is 3.65. The third-order valence-corrected chi connectivity index (χ3v) is 5.28. The number of hydrogen-bond acceptors (Lipinski definition) is 6. The first kappa shape index (κ1) is 21.9. The van der Waals surface area contributed by atoms with E-state index in [1.807, 2.05) is 23.1 Å². The fraction of sp³-hybridized carbons (Fsp3) is 0.250. The predicted molar refractivity (Wildman–Crippen MR) is 124 cm³/mol. The van der Waals surface area contributed by atoms with E-state index in [1.165, 1.54) is 12.3 Å². The first-order valence-corrected chi connectivity index (χ1v) is 10.5. The molecule has 2 aliphatic rings. The van der Waals surface area contributed by atoms with E-state index in [2.05, 4.69) is 33.8 Å². The molecule has 3 heterocycles. The molecule has 1 aliphatic carbocycles. The zero-order chi connectivity index (χ0) is 23.2. The molecule has 0 radical (unpaired) electrons. The molecule has 4 rings (SSSR count). The molecule has 2 amide bonds. The first-order chi connectivity index (χ1) is 16.0. The molecule has 1 fully saturated rings. The maximum Gasteiger partial charge on any atom is 0.254 e. The van der Waals surface area contributed by atoms with Gasteiger partial charge in [0.1, 0.15) is 17.1 Å². The molecule has 0 aromatic carbocycles. The van der Waals surface area contributed by atoms with Gasteiger partial charge < -0.3 is 20.7 Å². The van der Waals surface area contributed by atoms with E-state index in [-0.39, 0.29) is 23.4 Å². The lowest BCUT2D eigenvalue weighted by Crippen LogP contribution is -2.36. The second kappa shape index (κ2) is 9.87. The molecule has 9 heteroatoms. The van der Waals surface area contributed by atoms with Gasteiger partial charge in [-0.2, -0.15) is 5.10 Å². The van der Waals surface area contributed by atoms with Crippen LogP contribution in [0.3, 0.4) is 0 Å². The Morgan fingerprint density at radius 2 is 2.24 bits per heavy atom. The Hall–Kier alpha value is -4.32. The predicted octanol–water partition coefficient (Wildman–Crippen LogP) is 1.80. The van der Waals surface area contributed by atoms with Gasteiger partial charge in [0.25, 0.3) is 5.91 Å². The number of primary amides is 1. The number of nitrogens with two attached hydrogens (primary N) is 1. The number of ether oxygens (including phenoxy) is 1. The Labute approximate surface area is 191 Å². The van der Waals surface area contributed by atoms with Gasteiger partial charge in [-0.25, -0.2) is 4.98 Å². The topological polar surface area (TPSA) is 115 Å². The monoisotopic (exact) mass is 444 g/mol. The van der Waals surface area contributed by atoms with Crippen LogP contribution in [-0.2, 0) is 11.3 Å². The molecule has 9 nitrogen and oxygen atoms in total. The summed E-state index contributed by atoms with van der Waals surface area (Å²) < 4.78 is 7.71. The van der Waals surface area contributed by atoms with Crippen LogP contribution in [0.1, 0.15) is 16.8 Å². The van der Waals surface area contributed by atoms with Crippen molar-refractivity contribution in [3.05, 3.63) is 67.2 Å². The van der Waals surface area contributed by atoms with E-state index < -0.39 is 5.91 Å². The van der Waals surface area contributed by atoms with Gasteiger partial charge >= 0.3 is 0 Å². The van der Waals surface area contributed by atoms with Crippen molar-refractivity contribution in [1.29, 1.82) is 0 Å². The number of nitrogens with one attached hydrogen (secondary N) is 1. The van der Waals surface area contributed by atoms with E-state index in [9.17, 15) is 9.59 Å². The average molecular weight is 444 g/mol. The van der Waals surface area contributed by atoms with Crippen LogP contribution in [0.25, 0.3) is 0 Å². The van der Waals surface area contributed by atoms with Gasteiger partial charge in [0.15, 0.2) is 5.75 Å². The Kier molecular flexibility index (Phi) is 6.55. The lowest BCUT2D eigenvalue weighted by atomic mass is 10.1. The second-order valence-electron chi connectivity index (χ2n) is 7.69. The van der Waals surface area contributed by atoms with E-state index in [0.717, 1.165) is 6.42 Å². The van der Waals surface area contributed by atoms with Crippen LogP contribution in [0, 0.1) is 17.8 Å². The number of aromatic nitrogens is 3. The summed E-state index contributed by atoms with van der Waals surface area (Å²) in [6, 6.07) is 1.67. The van der Waals surface area contributed by atoms with Crippen LogP contribution in [0.4, 0.5) is 5.82 Å². The van der Waals surface area contributed by atoms with Crippen LogP contribution in [0.2, 0.25) is 0 Å². The van der Waals surface area contributed by atoms with Gasteiger partial charge in [-0.05, 0) is 18.6 Å². The number of nitrogens with zero attached hydrogens (tertiary/aromatic N) is 4. The molecule has 2 aromatic heterocycles. The summed E-state index contributed by atoms with van der Waals surface area (Å²) in [7, 11) is 0. The lowest BCUT2D eigenvalue weighted by molar-refractivity contribution is -0.117. The molecule has 1 aliphatic heterocycles. The largest absolute Gasteiger partial charge is 0.453 e. The van der Waals surface area contributed by atoms with E-state index in [4.69, 9.17) is 10.5 Å². The van der Waals surface area contributed by atoms with Gasteiger partial charge in [0, 0.05) is 31.4 Å². The number of carbonyl (C=O) groups excluding carboxylic acids is 2. The molecule has 1 saturated heterocycles. The quantitative estimate of drug-likeness (QED) is 0.474. The van der Waals surface area contributed by atoms with Gasteiger partial charge in [-0.15, -0.1) is 0 Å². The van der Waals surface area contributed by atoms with E-state index in [1.54, 1.807) is 29.2 Å². The van der Waals surface area contributed by atoms with E-state index in [0.29, 0.717) is 37.0 Å². The Balaban J connectivity index is 1.48. The number of hydrogen-bond donors (Lipinski definition) is 2. The third kappa shape index (κ3) is 5.49. The SMILES string of the molecule is C=CC(=O)N[C@H]1CCN(c2cc(Oc3cnn(CC4C#CC=CC=C4)c3)c(C(N)=O)cn2)C1. The molecular weight excluding hydrogens is 420 g/mol.